The van der Waals surface area contributed by atoms with Crippen LogP contribution in [-0.2, 0) is 0 Å². The van der Waals surface area contributed by atoms with Gasteiger partial charge in [0.25, 0.3) is 5.91 Å². The number of aromatic nitrogens is 2. The van der Waals surface area contributed by atoms with Crippen LogP contribution in [0.4, 0.5) is 10.1 Å². The molecule has 0 spiro atoms. The highest BCUT2D eigenvalue weighted by atomic mass is 19.1. The molecule has 2 rings (SSSR count). The fourth-order valence-corrected chi connectivity index (χ4v) is 1.61. The molecule has 18 heavy (non-hydrogen) atoms. The smallest absolute Gasteiger partial charge is 0.259 e. The van der Waals surface area contributed by atoms with Crippen LogP contribution < -0.4 is 5.32 Å². The molecule has 0 atom stereocenters. The molecule has 0 radical (unpaired) electrons. The van der Waals surface area contributed by atoms with E-state index in [1.807, 2.05) is 0 Å². The number of nitrogens with one attached hydrogen (secondary N) is 2. The zero-order chi connectivity index (χ0) is 13.3. The van der Waals surface area contributed by atoms with Crippen molar-refractivity contribution in [2.24, 2.45) is 0 Å². The molecule has 5 nitrogen and oxygen atoms in total. The molecule has 0 bridgehead atoms. The van der Waals surface area contributed by atoms with Crippen molar-refractivity contribution >= 4 is 11.6 Å². The number of benzene rings is 1. The van der Waals surface area contributed by atoms with Gasteiger partial charge < -0.3 is 10.4 Å². The molecular weight excluding hydrogens is 237 g/mol. The van der Waals surface area contributed by atoms with Gasteiger partial charge in [0.1, 0.15) is 11.6 Å². The first kappa shape index (κ1) is 12.1. The molecule has 94 valence electrons. The molecule has 1 aromatic carbocycles. The quantitative estimate of drug-likeness (QED) is 0.762. The maximum absolute atomic E-state index is 13.0. The van der Waals surface area contributed by atoms with Crippen molar-refractivity contribution in [3.8, 4) is 5.75 Å². The number of aromatic amines is 1. The number of carbonyl (C=O) groups excluding carboxylic acids is 1. The van der Waals surface area contributed by atoms with Crippen molar-refractivity contribution in [2.45, 2.75) is 13.8 Å². The number of aryl methyl sites for hydroxylation is 2. The summed E-state index contributed by atoms with van der Waals surface area (Å²) < 4.78 is 13.0. The lowest BCUT2D eigenvalue weighted by atomic mass is 10.1. The van der Waals surface area contributed by atoms with Crippen molar-refractivity contribution in [3.63, 3.8) is 0 Å². The van der Waals surface area contributed by atoms with Gasteiger partial charge in [0.05, 0.1) is 22.6 Å². The highest BCUT2D eigenvalue weighted by molar-refractivity contribution is 6.06. The normalized spacial score (nSPS) is 10.4. The minimum atomic E-state index is -0.585. The number of halogens is 1. The van der Waals surface area contributed by atoms with Gasteiger partial charge in [0.2, 0.25) is 0 Å². The summed E-state index contributed by atoms with van der Waals surface area (Å²) >= 11 is 0. The molecule has 0 fully saturated rings. The summed E-state index contributed by atoms with van der Waals surface area (Å²) in [6.07, 6.45) is 0. The third-order valence-electron chi connectivity index (χ3n) is 2.57. The minimum Gasteiger partial charge on any atom is -0.507 e. The van der Waals surface area contributed by atoms with E-state index in [1.54, 1.807) is 13.8 Å². The number of phenolic OH excluding ortho intramolecular Hbond substituents is 1. The predicted octanol–water partition coefficient (Wildman–Crippen LogP) is 2.12. The van der Waals surface area contributed by atoms with Crippen LogP contribution in [0.15, 0.2) is 18.2 Å². The number of aromatic hydroxyl groups is 1. The number of rotatable bonds is 2. The second-order valence-electron chi connectivity index (χ2n) is 3.92. The lowest BCUT2D eigenvalue weighted by Gasteiger charge is -2.07. The minimum absolute atomic E-state index is 0.116. The lowest BCUT2D eigenvalue weighted by Crippen LogP contribution is -2.13. The van der Waals surface area contributed by atoms with Crippen LogP contribution in [0, 0.1) is 19.7 Å². The molecule has 3 N–H and O–H groups in total. The number of phenols is 1. The van der Waals surface area contributed by atoms with Crippen molar-refractivity contribution in [1.82, 2.24) is 10.2 Å². The highest BCUT2D eigenvalue weighted by Crippen LogP contribution is 2.22. The van der Waals surface area contributed by atoms with E-state index in [0.29, 0.717) is 17.1 Å². The third-order valence-corrected chi connectivity index (χ3v) is 2.57. The van der Waals surface area contributed by atoms with Gasteiger partial charge in [-0.1, -0.05) is 0 Å². The first-order valence-electron chi connectivity index (χ1n) is 5.30. The predicted molar refractivity (Wildman–Crippen MR) is 64.1 cm³/mol. The largest absolute Gasteiger partial charge is 0.507 e. The molecule has 6 heteroatoms. The zero-order valence-electron chi connectivity index (χ0n) is 9.91. The lowest BCUT2D eigenvalue weighted by molar-refractivity contribution is 0.102. The Kier molecular flexibility index (Phi) is 3.01. The van der Waals surface area contributed by atoms with Gasteiger partial charge in [-0.2, -0.15) is 5.10 Å². The van der Waals surface area contributed by atoms with Crippen LogP contribution in [0.2, 0.25) is 0 Å². The number of H-pyrrole nitrogens is 1. The zero-order valence-corrected chi connectivity index (χ0v) is 9.91. The van der Waals surface area contributed by atoms with E-state index in [0.717, 1.165) is 18.2 Å². The molecule has 0 saturated carbocycles. The Morgan fingerprint density at radius 3 is 2.78 bits per heavy atom. The molecule has 1 heterocycles. The Hall–Kier alpha value is -2.37. The van der Waals surface area contributed by atoms with Gasteiger partial charge in [0, 0.05) is 0 Å². The Morgan fingerprint density at radius 1 is 1.44 bits per heavy atom. The number of anilines is 1. The second-order valence-corrected chi connectivity index (χ2v) is 3.92. The van der Waals surface area contributed by atoms with Crippen molar-refractivity contribution in [3.05, 3.63) is 41.0 Å². The molecule has 1 aromatic heterocycles. The van der Waals surface area contributed by atoms with E-state index in [9.17, 15) is 14.3 Å². The van der Waals surface area contributed by atoms with Crippen LogP contribution in [0.3, 0.4) is 0 Å². The SMILES string of the molecule is Cc1n[nH]c(C)c1NC(=O)c1cc(F)ccc1O. The molecule has 0 aliphatic carbocycles. The van der Waals surface area contributed by atoms with E-state index in [-0.39, 0.29) is 11.3 Å². The Morgan fingerprint density at radius 2 is 2.17 bits per heavy atom. The molecule has 0 aliphatic rings. The van der Waals surface area contributed by atoms with E-state index < -0.39 is 11.7 Å². The van der Waals surface area contributed by atoms with E-state index in [1.165, 1.54) is 0 Å². The van der Waals surface area contributed by atoms with Gasteiger partial charge in [0.15, 0.2) is 0 Å². The first-order chi connectivity index (χ1) is 8.49. The Bertz CT molecular complexity index is 588. The highest BCUT2D eigenvalue weighted by Gasteiger charge is 2.15. The van der Waals surface area contributed by atoms with Crippen LogP contribution in [-0.4, -0.2) is 21.2 Å². The summed E-state index contributed by atoms with van der Waals surface area (Å²) in [7, 11) is 0. The fraction of sp³-hybridized carbons (Fsp3) is 0.167. The van der Waals surface area contributed by atoms with Crippen molar-refractivity contribution < 1.29 is 14.3 Å². The van der Waals surface area contributed by atoms with Crippen molar-refractivity contribution in [1.29, 1.82) is 0 Å². The molecule has 2 aromatic rings. The summed E-state index contributed by atoms with van der Waals surface area (Å²) in [5.41, 5.74) is 1.73. The van der Waals surface area contributed by atoms with Crippen LogP contribution >= 0.6 is 0 Å². The fourth-order valence-electron chi connectivity index (χ4n) is 1.61. The average molecular weight is 249 g/mol. The van der Waals surface area contributed by atoms with Crippen LogP contribution in [0.5, 0.6) is 5.75 Å². The average Bonchev–Trinajstić information content (AvgIpc) is 2.64. The summed E-state index contributed by atoms with van der Waals surface area (Å²) in [4.78, 5) is 11.9. The van der Waals surface area contributed by atoms with Crippen LogP contribution in [0.1, 0.15) is 21.7 Å². The van der Waals surface area contributed by atoms with E-state index >= 15 is 0 Å². The molecule has 0 unspecified atom stereocenters. The number of hydrogen-bond donors (Lipinski definition) is 3. The summed E-state index contributed by atoms with van der Waals surface area (Å²) in [5, 5.41) is 18.8. The number of nitrogens with zero attached hydrogens (tertiary/aromatic N) is 1. The number of hydrogen-bond acceptors (Lipinski definition) is 3. The van der Waals surface area contributed by atoms with Gasteiger partial charge >= 0.3 is 0 Å². The number of carbonyl (C=O) groups is 1. The van der Waals surface area contributed by atoms with E-state index in [4.69, 9.17) is 0 Å². The van der Waals surface area contributed by atoms with Gasteiger partial charge in [-0.15, -0.1) is 0 Å². The van der Waals surface area contributed by atoms with Gasteiger partial charge in [-0.3, -0.25) is 9.89 Å². The van der Waals surface area contributed by atoms with E-state index in [2.05, 4.69) is 15.5 Å². The topological polar surface area (TPSA) is 78.0 Å². The number of amides is 1. The Balaban J connectivity index is 2.30. The molecular formula is C12H12FN3O2. The maximum Gasteiger partial charge on any atom is 0.259 e. The van der Waals surface area contributed by atoms with Crippen molar-refractivity contribution in [2.75, 3.05) is 5.32 Å². The summed E-state index contributed by atoms with van der Waals surface area (Å²) in [6.45, 7) is 3.48. The van der Waals surface area contributed by atoms with Gasteiger partial charge in [-0.25, -0.2) is 4.39 Å². The molecule has 0 saturated heterocycles. The molecule has 0 aliphatic heterocycles. The Labute approximate surface area is 103 Å². The standard InChI is InChI=1S/C12H12FN3O2/c1-6-11(7(2)16-15-6)14-12(18)9-5-8(13)3-4-10(9)17/h3-5,17H,1-2H3,(H,14,18)(H,15,16). The summed E-state index contributed by atoms with van der Waals surface area (Å²) in [6, 6.07) is 3.20. The van der Waals surface area contributed by atoms with Gasteiger partial charge in [-0.05, 0) is 32.0 Å². The third kappa shape index (κ3) is 2.17. The monoisotopic (exact) mass is 249 g/mol. The molecule has 1 amide bonds. The first-order valence-corrected chi connectivity index (χ1v) is 5.30. The van der Waals surface area contributed by atoms with Crippen LogP contribution in [0.25, 0.3) is 0 Å². The second kappa shape index (κ2) is 4.48. The maximum atomic E-state index is 13.0. The summed E-state index contributed by atoms with van der Waals surface area (Å²) in [5.74, 6) is -1.44.